The van der Waals surface area contributed by atoms with Crippen LogP contribution in [0.2, 0.25) is 10.0 Å². The lowest BCUT2D eigenvalue weighted by atomic mass is 10.1. The van der Waals surface area contributed by atoms with E-state index in [1.807, 2.05) is 26.0 Å². The fraction of sp³-hybridized carbons (Fsp3) is 0.167. The largest absolute Gasteiger partial charge is 0.486 e. The number of hydrogen-bond donors (Lipinski definition) is 0. The molecule has 114 valence electrons. The third-order valence-electron chi connectivity index (χ3n) is 3.08. The number of rotatable bonds is 5. The molecule has 0 saturated carbocycles. The normalized spacial score (nSPS) is 10.9. The van der Waals surface area contributed by atoms with Crippen LogP contribution in [0.25, 0.3) is 0 Å². The molecule has 0 aliphatic rings. The van der Waals surface area contributed by atoms with E-state index in [9.17, 15) is 0 Å². The molecule has 0 N–H and O–H groups in total. The first-order valence-corrected chi connectivity index (χ1v) is 7.61. The topological polar surface area (TPSA) is 21.6 Å². The fourth-order valence-electron chi connectivity index (χ4n) is 1.94. The quantitative estimate of drug-likeness (QED) is 0.491. The van der Waals surface area contributed by atoms with Crippen molar-refractivity contribution in [3.05, 3.63) is 69.7 Å². The maximum Gasteiger partial charge on any atom is 0.156 e. The standard InChI is InChI=1S/C18H17Cl2NO/c1-4-7-22-18-15(19)9-14(10-16(18)20)11-21-17-8-12(2)5-6-13(17)3/h4-6,8-11H,1,7H2,2-3H3. The first kappa shape index (κ1) is 16.6. The molecule has 0 atom stereocenters. The minimum atomic E-state index is 0.357. The molecular weight excluding hydrogens is 317 g/mol. The monoisotopic (exact) mass is 333 g/mol. The molecule has 0 aliphatic heterocycles. The highest BCUT2D eigenvalue weighted by Crippen LogP contribution is 2.34. The smallest absolute Gasteiger partial charge is 0.156 e. The summed E-state index contributed by atoms with van der Waals surface area (Å²) in [6.07, 6.45) is 3.39. The molecule has 0 fully saturated rings. The van der Waals surface area contributed by atoms with E-state index in [-0.39, 0.29) is 0 Å². The van der Waals surface area contributed by atoms with Crippen LogP contribution in [-0.4, -0.2) is 12.8 Å². The highest BCUT2D eigenvalue weighted by Gasteiger charge is 2.08. The van der Waals surface area contributed by atoms with E-state index in [1.54, 1.807) is 24.4 Å². The third kappa shape index (κ3) is 4.12. The van der Waals surface area contributed by atoms with Crippen molar-refractivity contribution in [2.45, 2.75) is 13.8 Å². The van der Waals surface area contributed by atoms with Gasteiger partial charge in [0.1, 0.15) is 6.61 Å². The van der Waals surface area contributed by atoms with Crippen molar-refractivity contribution in [3.8, 4) is 5.75 Å². The minimum Gasteiger partial charge on any atom is -0.486 e. The summed E-state index contributed by atoms with van der Waals surface area (Å²) < 4.78 is 5.44. The number of benzene rings is 2. The molecule has 0 saturated heterocycles. The van der Waals surface area contributed by atoms with Crippen LogP contribution in [0.15, 0.2) is 48.0 Å². The van der Waals surface area contributed by atoms with Crippen LogP contribution in [0.1, 0.15) is 16.7 Å². The summed E-state index contributed by atoms with van der Waals surface area (Å²) in [7, 11) is 0. The number of aryl methyl sites for hydroxylation is 2. The van der Waals surface area contributed by atoms with Gasteiger partial charge >= 0.3 is 0 Å². The van der Waals surface area contributed by atoms with Gasteiger partial charge in [-0.2, -0.15) is 0 Å². The van der Waals surface area contributed by atoms with E-state index in [2.05, 4.69) is 17.6 Å². The summed E-state index contributed by atoms with van der Waals surface area (Å²) in [5.41, 5.74) is 4.04. The number of aliphatic imine (C=N–C) groups is 1. The van der Waals surface area contributed by atoms with Crippen molar-refractivity contribution >= 4 is 35.1 Å². The Hall–Kier alpha value is -1.77. The van der Waals surface area contributed by atoms with Crippen molar-refractivity contribution in [3.63, 3.8) is 0 Å². The van der Waals surface area contributed by atoms with Crippen molar-refractivity contribution in [1.29, 1.82) is 0 Å². The van der Waals surface area contributed by atoms with Gasteiger partial charge in [-0.25, -0.2) is 0 Å². The molecule has 0 aromatic heterocycles. The molecule has 4 heteroatoms. The van der Waals surface area contributed by atoms with Gasteiger partial charge < -0.3 is 4.74 Å². The summed E-state index contributed by atoms with van der Waals surface area (Å²) in [5, 5.41) is 0.911. The van der Waals surface area contributed by atoms with Crippen LogP contribution in [-0.2, 0) is 0 Å². The van der Waals surface area contributed by atoms with Gasteiger partial charge in [0.2, 0.25) is 0 Å². The lowest BCUT2D eigenvalue weighted by molar-refractivity contribution is 0.363. The van der Waals surface area contributed by atoms with Gasteiger partial charge in [-0.15, -0.1) is 0 Å². The van der Waals surface area contributed by atoms with Crippen LogP contribution in [0.3, 0.4) is 0 Å². The van der Waals surface area contributed by atoms with E-state index in [4.69, 9.17) is 27.9 Å². The number of nitrogens with zero attached hydrogens (tertiary/aromatic N) is 1. The molecule has 0 bridgehead atoms. The molecule has 2 aromatic carbocycles. The Morgan fingerprint density at radius 1 is 1.14 bits per heavy atom. The fourth-order valence-corrected chi connectivity index (χ4v) is 2.55. The molecule has 2 rings (SSSR count). The number of ether oxygens (including phenoxy) is 1. The van der Waals surface area contributed by atoms with E-state index >= 15 is 0 Å². The van der Waals surface area contributed by atoms with E-state index in [0.29, 0.717) is 22.4 Å². The number of halogens is 2. The molecule has 22 heavy (non-hydrogen) atoms. The van der Waals surface area contributed by atoms with Crippen molar-refractivity contribution in [2.24, 2.45) is 4.99 Å². The predicted octanol–water partition coefficient (Wildman–Crippen LogP) is 5.93. The number of hydrogen-bond acceptors (Lipinski definition) is 2. The molecule has 0 amide bonds. The predicted molar refractivity (Wildman–Crippen MR) is 95.3 cm³/mol. The second kappa shape index (κ2) is 7.48. The lowest BCUT2D eigenvalue weighted by Crippen LogP contribution is -1.95. The summed E-state index contributed by atoms with van der Waals surface area (Å²) in [6.45, 7) is 8.02. The van der Waals surface area contributed by atoms with Gasteiger partial charge in [-0.1, -0.05) is 48.0 Å². The van der Waals surface area contributed by atoms with Crippen molar-refractivity contribution in [1.82, 2.24) is 0 Å². The average Bonchev–Trinajstić information content (AvgIpc) is 2.47. The Kier molecular flexibility index (Phi) is 5.64. The Balaban J connectivity index is 2.28. The summed E-state index contributed by atoms with van der Waals surface area (Å²) in [4.78, 5) is 4.51. The van der Waals surface area contributed by atoms with Crippen molar-refractivity contribution in [2.75, 3.05) is 6.61 Å². The van der Waals surface area contributed by atoms with Crippen LogP contribution in [0, 0.1) is 13.8 Å². The third-order valence-corrected chi connectivity index (χ3v) is 3.64. The highest BCUT2D eigenvalue weighted by molar-refractivity contribution is 6.37. The molecule has 0 heterocycles. The molecule has 0 unspecified atom stereocenters. The van der Waals surface area contributed by atoms with E-state index in [0.717, 1.165) is 16.8 Å². The molecule has 2 aromatic rings. The summed E-state index contributed by atoms with van der Waals surface area (Å²) in [6, 6.07) is 9.71. The molecular formula is C18H17Cl2NO. The second-order valence-corrected chi connectivity index (χ2v) is 5.78. The van der Waals surface area contributed by atoms with Crippen molar-refractivity contribution < 1.29 is 4.74 Å². The SMILES string of the molecule is C=CCOc1c(Cl)cc(C=Nc2cc(C)ccc2C)cc1Cl. The Bertz CT molecular complexity index is 700. The Morgan fingerprint density at radius 2 is 1.82 bits per heavy atom. The summed E-state index contributed by atoms with van der Waals surface area (Å²) in [5.74, 6) is 0.465. The minimum absolute atomic E-state index is 0.357. The molecule has 2 nitrogen and oxygen atoms in total. The highest BCUT2D eigenvalue weighted by atomic mass is 35.5. The van der Waals surface area contributed by atoms with Crippen LogP contribution in [0.5, 0.6) is 5.75 Å². The lowest BCUT2D eigenvalue weighted by Gasteiger charge is -2.09. The average molecular weight is 334 g/mol. The van der Waals surface area contributed by atoms with Gasteiger partial charge in [0.05, 0.1) is 15.7 Å². The van der Waals surface area contributed by atoms with Crippen LogP contribution >= 0.6 is 23.2 Å². The Morgan fingerprint density at radius 3 is 2.45 bits per heavy atom. The second-order valence-electron chi connectivity index (χ2n) is 4.96. The van der Waals surface area contributed by atoms with Gasteiger partial charge in [-0.3, -0.25) is 4.99 Å². The maximum atomic E-state index is 6.20. The Labute approximate surface area is 141 Å². The zero-order valence-corrected chi connectivity index (χ0v) is 14.1. The van der Waals surface area contributed by atoms with E-state index in [1.165, 1.54) is 5.56 Å². The zero-order chi connectivity index (χ0) is 16.1. The first-order chi connectivity index (χ1) is 10.5. The van der Waals surface area contributed by atoms with Crippen LogP contribution in [0.4, 0.5) is 5.69 Å². The van der Waals surface area contributed by atoms with Gasteiger partial charge in [0, 0.05) is 6.21 Å². The zero-order valence-electron chi connectivity index (χ0n) is 12.6. The molecule has 0 aliphatic carbocycles. The maximum absolute atomic E-state index is 6.20. The molecule has 0 spiro atoms. The van der Waals surface area contributed by atoms with Gasteiger partial charge in [0.15, 0.2) is 5.75 Å². The van der Waals surface area contributed by atoms with Gasteiger partial charge in [0.25, 0.3) is 0 Å². The van der Waals surface area contributed by atoms with Gasteiger partial charge in [-0.05, 0) is 48.7 Å². The van der Waals surface area contributed by atoms with Crippen LogP contribution < -0.4 is 4.74 Å². The van der Waals surface area contributed by atoms with E-state index < -0.39 is 0 Å². The summed E-state index contributed by atoms with van der Waals surface area (Å²) >= 11 is 12.4. The molecule has 0 radical (unpaired) electrons. The first-order valence-electron chi connectivity index (χ1n) is 6.85.